The molecule has 0 saturated carbocycles. The number of hydrogen-bond acceptors (Lipinski definition) is 2. The van der Waals surface area contributed by atoms with Crippen LogP contribution >= 0.6 is 45.8 Å². The summed E-state index contributed by atoms with van der Waals surface area (Å²) in [6, 6.07) is 9.03. The van der Waals surface area contributed by atoms with E-state index in [0.717, 1.165) is 14.7 Å². The number of rotatable bonds is 4. The van der Waals surface area contributed by atoms with E-state index < -0.39 is 0 Å². The lowest BCUT2D eigenvalue weighted by atomic mass is 10.1. The van der Waals surface area contributed by atoms with E-state index in [-0.39, 0.29) is 12.5 Å². The minimum atomic E-state index is -0.270. The minimum Gasteiger partial charge on any atom is -0.484 e. The van der Waals surface area contributed by atoms with Gasteiger partial charge in [0.25, 0.3) is 5.91 Å². The monoisotopic (exact) mass is 449 g/mol. The average Bonchev–Trinajstić information content (AvgIpc) is 2.45. The average molecular weight is 450 g/mol. The third-order valence-electron chi connectivity index (χ3n) is 2.99. The van der Waals surface area contributed by atoms with Crippen molar-refractivity contribution in [2.45, 2.75) is 13.8 Å². The molecule has 0 aliphatic carbocycles. The fraction of sp³-hybridized carbons (Fsp3) is 0.188. The van der Waals surface area contributed by atoms with Gasteiger partial charge in [0.2, 0.25) is 0 Å². The van der Waals surface area contributed by atoms with Crippen molar-refractivity contribution < 1.29 is 9.53 Å². The van der Waals surface area contributed by atoms with Crippen molar-refractivity contribution in [2.24, 2.45) is 0 Å². The number of amides is 1. The van der Waals surface area contributed by atoms with Crippen molar-refractivity contribution in [3.63, 3.8) is 0 Å². The van der Waals surface area contributed by atoms with Crippen LogP contribution in [0.25, 0.3) is 0 Å². The largest absolute Gasteiger partial charge is 0.484 e. The van der Waals surface area contributed by atoms with Gasteiger partial charge in [-0.25, -0.2) is 0 Å². The van der Waals surface area contributed by atoms with Crippen LogP contribution in [0.1, 0.15) is 11.1 Å². The van der Waals surface area contributed by atoms with Gasteiger partial charge in [-0.3, -0.25) is 4.79 Å². The number of carbonyl (C=O) groups excluding carboxylic acids is 1. The van der Waals surface area contributed by atoms with Crippen LogP contribution in [0.15, 0.2) is 30.3 Å². The van der Waals surface area contributed by atoms with Crippen LogP contribution in [0.4, 0.5) is 5.69 Å². The molecule has 0 heterocycles. The van der Waals surface area contributed by atoms with Crippen molar-refractivity contribution >= 4 is 57.4 Å². The molecule has 0 fully saturated rings. The molecule has 116 valence electrons. The van der Waals surface area contributed by atoms with Gasteiger partial charge in [-0.2, -0.15) is 0 Å². The highest BCUT2D eigenvalue weighted by atomic mass is 127. The number of hydrogen-bond donors (Lipinski definition) is 1. The zero-order valence-electron chi connectivity index (χ0n) is 12.0. The summed E-state index contributed by atoms with van der Waals surface area (Å²) < 4.78 is 6.51. The summed E-state index contributed by atoms with van der Waals surface area (Å²) in [5.41, 5.74) is 2.40. The van der Waals surface area contributed by atoms with Crippen molar-refractivity contribution in [3.05, 3.63) is 55.1 Å². The van der Waals surface area contributed by atoms with Crippen LogP contribution < -0.4 is 10.1 Å². The number of nitrogens with one attached hydrogen (secondary N) is 1. The zero-order chi connectivity index (χ0) is 16.3. The molecular weight excluding hydrogens is 436 g/mol. The Kier molecular flexibility index (Phi) is 5.94. The SMILES string of the molecule is Cc1cc(OCC(=O)Nc2ccc(I)cc2Cl)cc(C)c1Cl. The van der Waals surface area contributed by atoms with Gasteiger partial charge in [0.1, 0.15) is 5.75 Å². The van der Waals surface area contributed by atoms with Crippen molar-refractivity contribution in [2.75, 3.05) is 11.9 Å². The predicted molar refractivity (Wildman–Crippen MR) is 99.2 cm³/mol. The van der Waals surface area contributed by atoms with Crippen molar-refractivity contribution in [1.29, 1.82) is 0 Å². The van der Waals surface area contributed by atoms with Gasteiger partial charge in [0.05, 0.1) is 10.7 Å². The van der Waals surface area contributed by atoms with Crippen LogP contribution in [0.2, 0.25) is 10.0 Å². The third kappa shape index (κ3) is 4.51. The summed E-state index contributed by atoms with van der Waals surface area (Å²) in [5.74, 6) is 0.344. The number of halogens is 3. The smallest absolute Gasteiger partial charge is 0.262 e. The Morgan fingerprint density at radius 3 is 2.41 bits per heavy atom. The fourth-order valence-electron chi connectivity index (χ4n) is 1.92. The molecule has 0 aliphatic heterocycles. The molecule has 2 rings (SSSR count). The molecule has 6 heteroatoms. The van der Waals surface area contributed by atoms with Crippen LogP contribution in [-0.4, -0.2) is 12.5 Å². The third-order valence-corrected chi connectivity index (χ3v) is 4.56. The van der Waals surface area contributed by atoms with Gasteiger partial charge < -0.3 is 10.1 Å². The standard InChI is InChI=1S/C16H14Cl2INO2/c1-9-5-12(6-10(2)16(9)18)22-8-15(21)20-14-4-3-11(19)7-13(14)17/h3-7H,8H2,1-2H3,(H,20,21). The minimum absolute atomic E-state index is 0.0944. The molecule has 0 spiro atoms. The second-order valence-electron chi connectivity index (χ2n) is 4.83. The van der Waals surface area contributed by atoms with Gasteiger partial charge in [0.15, 0.2) is 6.61 Å². The summed E-state index contributed by atoms with van der Waals surface area (Å²) in [6.45, 7) is 3.70. The molecule has 2 aromatic carbocycles. The maximum atomic E-state index is 11.9. The zero-order valence-corrected chi connectivity index (χ0v) is 15.7. The van der Waals surface area contributed by atoms with Gasteiger partial charge in [-0.15, -0.1) is 0 Å². The summed E-state index contributed by atoms with van der Waals surface area (Å²) in [7, 11) is 0. The van der Waals surface area contributed by atoms with E-state index in [4.69, 9.17) is 27.9 Å². The Balaban J connectivity index is 1.98. The predicted octanol–water partition coefficient (Wildman–Crippen LogP) is 5.23. The summed E-state index contributed by atoms with van der Waals surface area (Å²) in [6.07, 6.45) is 0. The van der Waals surface area contributed by atoms with E-state index in [2.05, 4.69) is 27.9 Å². The number of ether oxygens (including phenoxy) is 1. The highest BCUT2D eigenvalue weighted by Gasteiger charge is 2.09. The first-order chi connectivity index (χ1) is 10.4. The van der Waals surface area contributed by atoms with Crippen molar-refractivity contribution in [1.82, 2.24) is 0 Å². The van der Waals surface area contributed by atoms with E-state index in [0.29, 0.717) is 21.5 Å². The molecule has 22 heavy (non-hydrogen) atoms. The van der Waals surface area contributed by atoms with Gasteiger partial charge in [-0.05, 0) is 77.9 Å². The van der Waals surface area contributed by atoms with Crippen molar-refractivity contribution in [3.8, 4) is 5.75 Å². The summed E-state index contributed by atoms with van der Waals surface area (Å²) >= 11 is 14.3. The highest BCUT2D eigenvalue weighted by molar-refractivity contribution is 14.1. The lowest BCUT2D eigenvalue weighted by molar-refractivity contribution is -0.118. The van der Waals surface area contributed by atoms with E-state index in [9.17, 15) is 4.79 Å². The number of anilines is 1. The number of benzene rings is 2. The Morgan fingerprint density at radius 2 is 1.82 bits per heavy atom. The molecule has 0 aliphatic rings. The number of carbonyl (C=O) groups is 1. The van der Waals surface area contributed by atoms with E-state index >= 15 is 0 Å². The topological polar surface area (TPSA) is 38.3 Å². The summed E-state index contributed by atoms with van der Waals surface area (Å²) in [4.78, 5) is 11.9. The Hall–Kier alpha value is -0.980. The molecule has 0 unspecified atom stereocenters. The Morgan fingerprint density at radius 1 is 1.18 bits per heavy atom. The molecule has 3 nitrogen and oxygen atoms in total. The fourth-order valence-corrected chi connectivity index (χ4v) is 2.93. The van der Waals surface area contributed by atoms with Crippen LogP contribution in [0, 0.1) is 17.4 Å². The van der Waals surface area contributed by atoms with E-state index in [1.54, 1.807) is 24.3 Å². The first-order valence-electron chi connectivity index (χ1n) is 6.51. The number of aryl methyl sites for hydroxylation is 2. The first-order valence-corrected chi connectivity index (χ1v) is 8.34. The molecule has 1 amide bonds. The van der Waals surface area contributed by atoms with Gasteiger partial charge >= 0.3 is 0 Å². The lowest BCUT2D eigenvalue weighted by Crippen LogP contribution is -2.20. The molecule has 0 atom stereocenters. The molecule has 0 saturated heterocycles. The van der Waals surface area contributed by atoms with Gasteiger partial charge in [-0.1, -0.05) is 23.2 Å². The van der Waals surface area contributed by atoms with Gasteiger partial charge in [0, 0.05) is 8.59 Å². The second-order valence-corrected chi connectivity index (χ2v) is 6.86. The normalized spacial score (nSPS) is 10.4. The molecular formula is C16H14Cl2INO2. The second kappa shape index (κ2) is 7.53. The van der Waals surface area contributed by atoms with E-state index in [1.807, 2.05) is 19.9 Å². The molecule has 0 radical (unpaired) electrons. The quantitative estimate of drug-likeness (QED) is 0.648. The molecule has 0 aromatic heterocycles. The Bertz CT molecular complexity index is 696. The Labute approximate surface area is 153 Å². The first kappa shape index (κ1) is 17.4. The van der Waals surface area contributed by atoms with Crippen LogP contribution in [-0.2, 0) is 4.79 Å². The highest BCUT2D eigenvalue weighted by Crippen LogP contribution is 2.26. The summed E-state index contributed by atoms with van der Waals surface area (Å²) in [5, 5.41) is 3.93. The molecule has 0 bridgehead atoms. The maximum absolute atomic E-state index is 11.9. The lowest BCUT2D eigenvalue weighted by Gasteiger charge is -2.11. The molecule has 1 N–H and O–H groups in total. The molecule has 2 aromatic rings. The van der Waals surface area contributed by atoms with Crippen LogP contribution in [0.3, 0.4) is 0 Å². The maximum Gasteiger partial charge on any atom is 0.262 e. The van der Waals surface area contributed by atoms with E-state index in [1.165, 1.54) is 0 Å². The van der Waals surface area contributed by atoms with Crippen LogP contribution in [0.5, 0.6) is 5.75 Å².